The van der Waals surface area contributed by atoms with Crippen molar-refractivity contribution in [1.29, 1.82) is 0 Å². The number of phenols is 1. The van der Waals surface area contributed by atoms with Crippen LogP contribution in [0.25, 0.3) is 0 Å². The number of hydrogen-bond donors (Lipinski definition) is 2. The summed E-state index contributed by atoms with van der Waals surface area (Å²) in [6.07, 6.45) is 3.76. The van der Waals surface area contributed by atoms with Gasteiger partial charge in [0.15, 0.2) is 11.5 Å². The van der Waals surface area contributed by atoms with Crippen molar-refractivity contribution < 1.29 is 19.4 Å². The Morgan fingerprint density at radius 3 is 2.11 bits per heavy atom. The minimum Gasteiger partial charge on any atom is -0.507 e. The van der Waals surface area contributed by atoms with Crippen LogP contribution in [-0.4, -0.2) is 59.8 Å². The molecule has 0 saturated carbocycles. The Balaban J connectivity index is 1.12. The summed E-state index contributed by atoms with van der Waals surface area (Å²) in [5.74, 6) is 1.41. The highest BCUT2D eigenvalue weighted by Gasteiger charge is 2.20. The second-order valence-corrected chi connectivity index (χ2v) is 11.0. The molecule has 1 amide bonds. The molecule has 1 saturated heterocycles. The van der Waals surface area contributed by atoms with Crippen molar-refractivity contribution in [3.8, 4) is 17.2 Å². The fraction of sp³-hybridized carbons (Fsp3) is 0.243. The molecule has 0 bridgehead atoms. The van der Waals surface area contributed by atoms with Gasteiger partial charge in [-0.1, -0.05) is 84.9 Å². The van der Waals surface area contributed by atoms with Gasteiger partial charge in [0.25, 0.3) is 5.91 Å². The monoisotopic (exact) mass is 604 g/mol. The van der Waals surface area contributed by atoms with Gasteiger partial charge in [0.05, 0.1) is 12.8 Å². The minimum atomic E-state index is -0.187. The summed E-state index contributed by atoms with van der Waals surface area (Å²) >= 11 is 0. The first-order valence-electron chi connectivity index (χ1n) is 15.2. The van der Waals surface area contributed by atoms with Crippen LogP contribution in [-0.2, 0) is 31.0 Å². The van der Waals surface area contributed by atoms with Crippen LogP contribution < -0.4 is 14.9 Å². The first-order chi connectivity index (χ1) is 22.1. The van der Waals surface area contributed by atoms with Gasteiger partial charge in [0, 0.05) is 38.3 Å². The standard InChI is InChI=1S/C37H40N4O4/c1-2-10-32-15-9-16-33(37(32)43)24-38-39-36(42)26-41-21-19-40(20-22-41)25-31-17-18-34(44-27-29-11-5-3-6-12-29)35(23-31)45-28-30-13-7-4-8-14-30/h2-9,11-18,23-24,43H,1,10,19-22,25-28H2,(H,39,42)/b38-24+. The molecule has 0 unspecified atom stereocenters. The molecule has 45 heavy (non-hydrogen) atoms. The highest BCUT2D eigenvalue weighted by Crippen LogP contribution is 2.31. The van der Waals surface area contributed by atoms with Crippen molar-refractivity contribution >= 4 is 12.1 Å². The van der Waals surface area contributed by atoms with Gasteiger partial charge in [0.2, 0.25) is 0 Å². The number of hydrogen-bond acceptors (Lipinski definition) is 7. The predicted molar refractivity (Wildman–Crippen MR) is 177 cm³/mol. The van der Waals surface area contributed by atoms with Gasteiger partial charge >= 0.3 is 0 Å². The average molecular weight is 605 g/mol. The van der Waals surface area contributed by atoms with Gasteiger partial charge in [-0.3, -0.25) is 14.6 Å². The second-order valence-electron chi connectivity index (χ2n) is 11.0. The van der Waals surface area contributed by atoms with E-state index in [0.717, 1.165) is 66.5 Å². The Bertz CT molecular complexity index is 1570. The molecule has 0 aromatic heterocycles. The third-order valence-electron chi connectivity index (χ3n) is 7.63. The van der Waals surface area contributed by atoms with E-state index in [1.807, 2.05) is 66.7 Å². The minimum absolute atomic E-state index is 0.149. The molecular weight excluding hydrogens is 564 g/mol. The summed E-state index contributed by atoms with van der Waals surface area (Å²) in [6.45, 7) is 8.91. The summed E-state index contributed by atoms with van der Waals surface area (Å²) in [7, 11) is 0. The van der Waals surface area contributed by atoms with Crippen molar-refractivity contribution in [2.24, 2.45) is 5.10 Å². The highest BCUT2D eigenvalue weighted by atomic mass is 16.5. The first kappa shape index (κ1) is 31.5. The van der Waals surface area contributed by atoms with Gasteiger partial charge in [-0.2, -0.15) is 5.10 Å². The number of hydrazone groups is 1. The number of piperazine rings is 1. The lowest BCUT2D eigenvalue weighted by atomic mass is 10.1. The molecule has 8 heteroatoms. The molecule has 1 heterocycles. The van der Waals surface area contributed by atoms with Crippen LogP contribution in [0.15, 0.2) is 115 Å². The molecular formula is C37H40N4O4. The zero-order valence-corrected chi connectivity index (χ0v) is 25.5. The number of phenolic OH excluding ortho intramolecular Hbond substituents is 1. The van der Waals surface area contributed by atoms with E-state index >= 15 is 0 Å². The van der Waals surface area contributed by atoms with Crippen molar-refractivity contribution in [2.75, 3.05) is 32.7 Å². The molecule has 4 aromatic carbocycles. The lowest BCUT2D eigenvalue weighted by Gasteiger charge is -2.34. The van der Waals surface area contributed by atoms with Gasteiger partial charge in [0.1, 0.15) is 19.0 Å². The van der Waals surface area contributed by atoms with E-state index in [9.17, 15) is 9.90 Å². The topological polar surface area (TPSA) is 86.6 Å². The van der Waals surface area contributed by atoms with Crippen LogP contribution in [0.2, 0.25) is 0 Å². The van der Waals surface area contributed by atoms with Crippen molar-refractivity contribution in [2.45, 2.75) is 26.2 Å². The number of para-hydroxylation sites is 1. The zero-order valence-electron chi connectivity index (χ0n) is 25.5. The van der Waals surface area contributed by atoms with Gasteiger partial charge < -0.3 is 14.6 Å². The number of allylic oxidation sites excluding steroid dienone is 1. The van der Waals surface area contributed by atoms with E-state index < -0.39 is 0 Å². The summed E-state index contributed by atoms with van der Waals surface area (Å²) in [6, 6.07) is 31.8. The van der Waals surface area contributed by atoms with Crippen LogP contribution in [0.5, 0.6) is 17.2 Å². The van der Waals surface area contributed by atoms with E-state index in [1.165, 1.54) is 6.21 Å². The molecule has 1 aliphatic heterocycles. The SMILES string of the molecule is C=CCc1cccc(/C=N/NC(=O)CN2CCN(Cc3ccc(OCc4ccccc4)c(OCc4ccccc4)c3)CC2)c1O. The third kappa shape index (κ3) is 9.53. The molecule has 232 valence electrons. The molecule has 2 N–H and O–H groups in total. The molecule has 0 aliphatic carbocycles. The van der Waals surface area contributed by atoms with E-state index in [0.29, 0.717) is 25.2 Å². The Hall–Kier alpha value is -4.92. The van der Waals surface area contributed by atoms with Gasteiger partial charge in [-0.05, 0) is 46.9 Å². The van der Waals surface area contributed by atoms with E-state index in [4.69, 9.17) is 9.47 Å². The summed E-state index contributed by atoms with van der Waals surface area (Å²) in [4.78, 5) is 17.0. The van der Waals surface area contributed by atoms with Crippen LogP contribution in [0.4, 0.5) is 0 Å². The average Bonchev–Trinajstić information content (AvgIpc) is 3.07. The quantitative estimate of drug-likeness (QED) is 0.112. The molecule has 0 spiro atoms. The lowest BCUT2D eigenvalue weighted by Crippen LogP contribution is -2.48. The number of benzene rings is 4. The van der Waals surface area contributed by atoms with E-state index in [-0.39, 0.29) is 18.2 Å². The number of nitrogens with zero attached hydrogens (tertiary/aromatic N) is 3. The van der Waals surface area contributed by atoms with E-state index in [1.54, 1.807) is 12.1 Å². The van der Waals surface area contributed by atoms with Crippen molar-refractivity contribution in [3.05, 3.63) is 138 Å². The molecule has 0 atom stereocenters. The maximum absolute atomic E-state index is 12.5. The largest absolute Gasteiger partial charge is 0.507 e. The number of ether oxygens (including phenoxy) is 2. The number of amides is 1. The second kappa shape index (κ2) is 16.2. The van der Waals surface area contributed by atoms with Crippen molar-refractivity contribution in [1.82, 2.24) is 15.2 Å². The Morgan fingerprint density at radius 2 is 1.44 bits per heavy atom. The number of carbonyl (C=O) groups excluding carboxylic acids is 1. The molecule has 1 aliphatic rings. The van der Waals surface area contributed by atoms with E-state index in [2.05, 4.69) is 51.2 Å². The molecule has 5 rings (SSSR count). The molecule has 1 fully saturated rings. The zero-order chi connectivity index (χ0) is 31.3. The number of carbonyl (C=O) groups is 1. The van der Waals surface area contributed by atoms with Gasteiger partial charge in [-0.15, -0.1) is 6.58 Å². The van der Waals surface area contributed by atoms with Crippen LogP contribution in [0, 0.1) is 0 Å². The third-order valence-corrected chi connectivity index (χ3v) is 7.63. The smallest absolute Gasteiger partial charge is 0.254 e. The maximum Gasteiger partial charge on any atom is 0.254 e. The summed E-state index contributed by atoms with van der Waals surface area (Å²) in [5, 5.41) is 14.4. The fourth-order valence-electron chi connectivity index (χ4n) is 5.17. The number of aromatic hydroxyl groups is 1. The van der Waals surface area contributed by atoms with Gasteiger partial charge in [-0.25, -0.2) is 5.43 Å². The number of rotatable bonds is 14. The lowest BCUT2D eigenvalue weighted by molar-refractivity contribution is -0.122. The maximum atomic E-state index is 12.5. The highest BCUT2D eigenvalue weighted by molar-refractivity contribution is 5.86. The Morgan fingerprint density at radius 1 is 0.800 bits per heavy atom. The Labute approximate surface area is 265 Å². The molecule has 8 nitrogen and oxygen atoms in total. The normalized spacial score (nSPS) is 13.9. The summed E-state index contributed by atoms with van der Waals surface area (Å²) in [5.41, 5.74) is 7.24. The van der Waals surface area contributed by atoms with Crippen LogP contribution >= 0.6 is 0 Å². The summed E-state index contributed by atoms with van der Waals surface area (Å²) < 4.78 is 12.4. The first-order valence-corrected chi connectivity index (χ1v) is 15.2. The number of nitrogens with one attached hydrogen (secondary N) is 1. The molecule has 4 aromatic rings. The fourth-order valence-corrected chi connectivity index (χ4v) is 5.17. The van der Waals surface area contributed by atoms with Crippen LogP contribution in [0.1, 0.15) is 27.8 Å². The predicted octanol–water partition coefficient (Wildman–Crippen LogP) is 5.55. The molecule has 0 radical (unpaired) electrons. The van der Waals surface area contributed by atoms with Crippen LogP contribution in [0.3, 0.4) is 0 Å². The van der Waals surface area contributed by atoms with Crippen molar-refractivity contribution in [3.63, 3.8) is 0 Å². The Kier molecular flexibility index (Phi) is 11.4.